The van der Waals surface area contributed by atoms with Crippen LogP contribution >= 0.6 is 12.2 Å². The molecule has 0 radical (unpaired) electrons. The first-order valence-electron chi connectivity index (χ1n) is 5.92. The highest BCUT2D eigenvalue weighted by atomic mass is 32.1. The summed E-state index contributed by atoms with van der Waals surface area (Å²) in [4.78, 5) is 0. The molecular formula is C12H20N2S. The van der Waals surface area contributed by atoms with Crippen LogP contribution in [0.1, 0.15) is 25.7 Å². The molecule has 3 heteroatoms. The smallest absolute Gasteiger partial charge is 0.166 e. The molecule has 0 aliphatic heterocycles. The molecule has 2 rings (SSSR count). The zero-order valence-electron chi connectivity index (χ0n) is 9.17. The van der Waals surface area contributed by atoms with E-state index in [1.807, 2.05) is 6.08 Å². The van der Waals surface area contributed by atoms with Crippen molar-refractivity contribution in [1.29, 1.82) is 0 Å². The van der Waals surface area contributed by atoms with Gasteiger partial charge in [-0.3, -0.25) is 0 Å². The molecule has 15 heavy (non-hydrogen) atoms. The Morgan fingerprint density at radius 2 is 2.20 bits per heavy atom. The standard InChI is InChI=1S/C12H20N2S/c1-2-5-13-12(15)14-8-11-7-9-3-4-10(11)6-9/h2,9-11H,1,3-8H2,(H2,13,14,15). The molecule has 84 valence electrons. The second-order valence-electron chi connectivity index (χ2n) is 4.81. The summed E-state index contributed by atoms with van der Waals surface area (Å²) in [5, 5.41) is 7.20. The first-order chi connectivity index (χ1) is 7.29. The minimum absolute atomic E-state index is 0.753. The van der Waals surface area contributed by atoms with Crippen molar-refractivity contribution in [3.63, 3.8) is 0 Å². The monoisotopic (exact) mass is 224 g/mol. The first kappa shape index (κ1) is 10.9. The van der Waals surface area contributed by atoms with Crippen LogP contribution in [-0.2, 0) is 0 Å². The maximum Gasteiger partial charge on any atom is 0.166 e. The van der Waals surface area contributed by atoms with Crippen LogP contribution in [-0.4, -0.2) is 18.2 Å². The summed E-state index contributed by atoms with van der Waals surface area (Å²) >= 11 is 5.17. The van der Waals surface area contributed by atoms with Gasteiger partial charge in [-0.2, -0.15) is 0 Å². The fourth-order valence-corrected chi connectivity index (χ4v) is 3.24. The Labute approximate surface area is 97.5 Å². The molecule has 2 aliphatic carbocycles. The van der Waals surface area contributed by atoms with Gasteiger partial charge in [-0.15, -0.1) is 6.58 Å². The molecule has 0 amide bonds. The van der Waals surface area contributed by atoms with Crippen molar-refractivity contribution in [3.8, 4) is 0 Å². The number of rotatable bonds is 4. The maximum absolute atomic E-state index is 5.17. The van der Waals surface area contributed by atoms with Crippen molar-refractivity contribution in [2.24, 2.45) is 17.8 Å². The number of nitrogens with one attached hydrogen (secondary N) is 2. The lowest BCUT2D eigenvalue weighted by atomic mass is 9.89. The van der Waals surface area contributed by atoms with Gasteiger partial charge in [0.15, 0.2) is 5.11 Å². The largest absolute Gasteiger partial charge is 0.362 e. The summed E-state index contributed by atoms with van der Waals surface area (Å²) in [6, 6.07) is 0. The number of thiocarbonyl (C=S) groups is 1. The van der Waals surface area contributed by atoms with Crippen LogP contribution in [0, 0.1) is 17.8 Å². The molecule has 0 aromatic heterocycles. The van der Waals surface area contributed by atoms with E-state index in [0.717, 1.165) is 36.0 Å². The summed E-state index contributed by atoms with van der Waals surface area (Å²) in [5.74, 6) is 2.87. The maximum atomic E-state index is 5.17. The Morgan fingerprint density at radius 1 is 1.33 bits per heavy atom. The number of hydrogen-bond donors (Lipinski definition) is 2. The molecule has 0 saturated heterocycles. The molecule has 2 saturated carbocycles. The highest BCUT2D eigenvalue weighted by Gasteiger charge is 2.39. The molecule has 0 aromatic rings. The number of fused-ring (bicyclic) bond motifs is 2. The Hall–Kier alpha value is -0.570. The van der Waals surface area contributed by atoms with Crippen LogP contribution in [0.3, 0.4) is 0 Å². The Morgan fingerprint density at radius 3 is 2.80 bits per heavy atom. The van der Waals surface area contributed by atoms with Gasteiger partial charge in [0.25, 0.3) is 0 Å². The lowest BCUT2D eigenvalue weighted by Crippen LogP contribution is -2.39. The summed E-state index contributed by atoms with van der Waals surface area (Å²) < 4.78 is 0. The highest BCUT2D eigenvalue weighted by Crippen LogP contribution is 2.47. The van der Waals surface area contributed by atoms with Gasteiger partial charge in [0.05, 0.1) is 0 Å². The fourth-order valence-electron chi connectivity index (χ4n) is 3.08. The second kappa shape index (κ2) is 4.97. The normalized spacial score (nSPS) is 32.7. The zero-order chi connectivity index (χ0) is 10.7. The highest BCUT2D eigenvalue weighted by molar-refractivity contribution is 7.80. The van der Waals surface area contributed by atoms with E-state index in [-0.39, 0.29) is 0 Å². The molecule has 3 atom stereocenters. The van der Waals surface area contributed by atoms with Crippen molar-refractivity contribution in [2.75, 3.05) is 13.1 Å². The Bertz CT molecular complexity index is 252. The molecule has 0 aromatic carbocycles. The van der Waals surface area contributed by atoms with Crippen LogP contribution in [0.15, 0.2) is 12.7 Å². The molecule has 2 fully saturated rings. The van der Waals surface area contributed by atoms with E-state index < -0.39 is 0 Å². The lowest BCUT2D eigenvalue weighted by molar-refractivity contribution is 0.332. The second-order valence-corrected chi connectivity index (χ2v) is 5.22. The average molecular weight is 224 g/mol. The topological polar surface area (TPSA) is 24.1 Å². The predicted molar refractivity (Wildman–Crippen MR) is 67.7 cm³/mol. The molecular weight excluding hydrogens is 204 g/mol. The van der Waals surface area contributed by atoms with E-state index in [0.29, 0.717) is 0 Å². The molecule has 0 heterocycles. The third-order valence-electron chi connectivity index (χ3n) is 3.82. The van der Waals surface area contributed by atoms with Gasteiger partial charge in [-0.25, -0.2) is 0 Å². The molecule has 0 spiro atoms. The molecule has 2 aliphatic rings. The van der Waals surface area contributed by atoms with Crippen molar-refractivity contribution < 1.29 is 0 Å². The van der Waals surface area contributed by atoms with E-state index >= 15 is 0 Å². The van der Waals surface area contributed by atoms with Gasteiger partial charge in [0, 0.05) is 13.1 Å². The first-order valence-corrected chi connectivity index (χ1v) is 6.33. The molecule has 3 unspecified atom stereocenters. The predicted octanol–water partition coefficient (Wildman–Crippen LogP) is 2.07. The SMILES string of the molecule is C=CCNC(=S)NCC1CC2CCC1C2. The third kappa shape index (κ3) is 2.71. The van der Waals surface area contributed by atoms with E-state index in [2.05, 4.69) is 17.2 Å². The van der Waals surface area contributed by atoms with Gasteiger partial charge in [-0.1, -0.05) is 12.5 Å². The van der Waals surface area contributed by atoms with Crippen molar-refractivity contribution in [1.82, 2.24) is 10.6 Å². The molecule has 2 bridgehead atoms. The van der Waals surface area contributed by atoms with Crippen LogP contribution < -0.4 is 10.6 Å². The number of hydrogen-bond acceptors (Lipinski definition) is 1. The van der Waals surface area contributed by atoms with Crippen LogP contribution in [0.4, 0.5) is 0 Å². The minimum atomic E-state index is 0.753. The van der Waals surface area contributed by atoms with Crippen LogP contribution in [0.2, 0.25) is 0 Å². The van der Waals surface area contributed by atoms with Gasteiger partial charge in [-0.05, 0) is 49.2 Å². The van der Waals surface area contributed by atoms with E-state index in [4.69, 9.17) is 12.2 Å². The van der Waals surface area contributed by atoms with E-state index in [1.165, 1.54) is 25.7 Å². The van der Waals surface area contributed by atoms with Crippen molar-refractivity contribution in [3.05, 3.63) is 12.7 Å². The van der Waals surface area contributed by atoms with E-state index in [1.54, 1.807) is 0 Å². The van der Waals surface area contributed by atoms with Gasteiger partial charge in [0.1, 0.15) is 0 Å². The van der Waals surface area contributed by atoms with Crippen molar-refractivity contribution >= 4 is 17.3 Å². The average Bonchev–Trinajstić information content (AvgIpc) is 2.84. The Balaban J connectivity index is 1.65. The van der Waals surface area contributed by atoms with Gasteiger partial charge in [0.2, 0.25) is 0 Å². The van der Waals surface area contributed by atoms with E-state index in [9.17, 15) is 0 Å². The summed E-state index contributed by atoms with van der Waals surface area (Å²) in [6.07, 6.45) is 7.64. The summed E-state index contributed by atoms with van der Waals surface area (Å²) in [6.45, 7) is 5.46. The summed E-state index contributed by atoms with van der Waals surface area (Å²) in [7, 11) is 0. The van der Waals surface area contributed by atoms with Gasteiger partial charge < -0.3 is 10.6 Å². The third-order valence-corrected chi connectivity index (χ3v) is 4.10. The molecule has 2 N–H and O–H groups in total. The summed E-state index contributed by atoms with van der Waals surface area (Å²) in [5.41, 5.74) is 0. The zero-order valence-corrected chi connectivity index (χ0v) is 9.98. The minimum Gasteiger partial charge on any atom is -0.362 e. The molecule has 2 nitrogen and oxygen atoms in total. The Kier molecular flexibility index (Phi) is 3.62. The van der Waals surface area contributed by atoms with Crippen molar-refractivity contribution in [2.45, 2.75) is 25.7 Å². The fraction of sp³-hybridized carbons (Fsp3) is 0.750. The quantitative estimate of drug-likeness (QED) is 0.565. The van der Waals surface area contributed by atoms with Gasteiger partial charge >= 0.3 is 0 Å². The van der Waals surface area contributed by atoms with Crippen LogP contribution in [0.5, 0.6) is 0 Å². The lowest BCUT2D eigenvalue weighted by Gasteiger charge is -2.22. The van der Waals surface area contributed by atoms with Crippen LogP contribution in [0.25, 0.3) is 0 Å².